The minimum Gasteiger partial charge on any atom is -0.296 e. The Morgan fingerprint density at radius 1 is 1.48 bits per heavy atom. The van der Waals surface area contributed by atoms with Crippen molar-refractivity contribution in [2.24, 2.45) is 5.92 Å². The summed E-state index contributed by atoms with van der Waals surface area (Å²) in [5, 5.41) is 0. The lowest BCUT2D eigenvalue weighted by Gasteiger charge is -2.35. The van der Waals surface area contributed by atoms with E-state index in [2.05, 4.69) is 16.8 Å². The number of likely N-dealkylation sites (tertiary alicyclic amines) is 1. The third-order valence-corrected chi connectivity index (χ3v) is 4.08. The standard InChI is InChI=1S/C15H19F3N2O/c1-10-4-3-5-20(8-10)11(2)12-6-13(15(16,17)18)14(9-21)19-7-12/h6-7,9-11H,3-5,8H2,1-2H3/t10-,11?/m0/s1. The van der Waals surface area contributed by atoms with Gasteiger partial charge < -0.3 is 0 Å². The van der Waals surface area contributed by atoms with Gasteiger partial charge in [-0.05, 0) is 43.9 Å². The van der Waals surface area contributed by atoms with E-state index in [-0.39, 0.29) is 12.3 Å². The van der Waals surface area contributed by atoms with Crippen molar-refractivity contribution in [3.05, 3.63) is 29.1 Å². The first-order valence-corrected chi connectivity index (χ1v) is 7.09. The van der Waals surface area contributed by atoms with E-state index in [4.69, 9.17) is 0 Å². The van der Waals surface area contributed by atoms with Crippen LogP contribution in [-0.2, 0) is 6.18 Å². The summed E-state index contributed by atoms with van der Waals surface area (Å²) in [7, 11) is 0. The second-order valence-corrected chi connectivity index (χ2v) is 5.74. The van der Waals surface area contributed by atoms with Gasteiger partial charge in [-0.25, -0.2) is 0 Å². The number of rotatable bonds is 3. The number of piperidine rings is 1. The van der Waals surface area contributed by atoms with Crippen LogP contribution in [0, 0.1) is 5.92 Å². The predicted molar refractivity (Wildman–Crippen MR) is 73.0 cm³/mol. The third-order valence-electron chi connectivity index (χ3n) is 4.08. The molecular weight excluding hydrogens is 281 g/mol. The van der Waals surface area contributed by atoms with Crippen LogP contribution in [0.4, 0.5) is 13.2 Å². The SMILES string of the molecule is CC(c1cnc(C=O)c(C(F)(F)F)c1)N1CCC[C@H](C)C1. The Labute approximate surface area is 122 Å². The Hall–Kier alpha value is -1.43. The van der Waals surface area contributed by atoms with Crippen LogP contribution in [0.25, 0.3) is 0 Å². The van der Waals surface area contributed by atoms with Gasteiger partial charge in [-0.3, -0.25) is 14.7 Å². The Morgan fingerprint density at radius 3 is 2.76 bits per heavy atom. The van der Waals surface area contributed by atoms with Gasteiger partial charge in [0.1, 0.15) is 5.69 Å². The molecule has 1 saturated heterocycles. The predicted octanol–water partition coefficient (Wildman–Crippen LogP) is 3.71. The van der Waals surface area contributed by atoms with Gasteiger partial charge >= 0.3 is 6.18 Å². The van der Waals surface area contributed by atoms with Gasteiger partial charge in [0.15, 0.2) is 6.29 Å². The topological polar surface area (TPSA) is 33.2 Å². The number of hydrogen-bond donors (Lipinski definition) is 0. The minimum absolute atomic E-state index is 0.137. The highest BCUT2D eigenvalue weighted by molar-refractivity contribution is 5.74. The number of carbonyl (C=O) groups is 1. The number of aromatic nitrogens is 1. The lowest BCUT2D eigenvalue weighted by atomic mass is 9.96. The summed E-state index contributed by atoms with van der Waals surface area (Å²) in [6.07, 6.45) is -0.825. The molecule has 1 aromatic rings. The minimum atomic E-state index is -4.56. The molecule has 2 rings (SSSR count). The molecule has 0 aliphatic carbocycles. The van der Waals surface area contributed by atoms with E-state index in [0.717, 1.165) is 32.0 Å². The van der Waals surface area contributed by atoms with Gasteiger partial charge in [-0.2, -0.15) is 13.2 Å². The van der Waals surface area contributed by atoms with Crippen LogP contribution < -0.4 is 0 Å². The van der Waals surface area contributed by atoms with Crippen LogP contribution in [0.1, 0.15) is 54.3 Å². The number of carbonyl (C=O) groups excluding carboxylic acids is 1. The van der Waals surface area contributed by atoms with Crippen molar-refractivity contribution in [3.63, 3.8) is 0 Å². The number of aldehydes is 1. The average Bonchev–Trinajstić information content (AvgIpc) is 2.45. The molecule has 1 aromatic heterocycles. The van der Waals surface area contributed by atoms with Gasteiger partial charge in [0.05, 0.1) is 5.56 Å². The molecule has 0 radical (unpaired) electrons. The number of pyridine rings is 1. The third kappa shape index (κ3) is 3.61. The summed E-state index contributed by atoms with van der Waals surface area (Å²) in [5.41, 5.74) is -1.00. The number of hydrogen-bond acceptors (Lipinski definition) is 3. The molecule has 1 unspecified atom stereocenters. The lowest BCUT2D eigenvalue weighted by molar-refractivity contribution is -0.138. The first kappa shape index (κ1) is 15.9. The molecule has 1 aliphatic rings. The summed E-state index contributed by atoms with van der Waals surface area (Å²) >= 11 is 0. The summed E-state index contributed by atoms with van der Waals surface area (Å²) in [4.78, 5) is 16.6. The second-order valence-electron chi connectivity index (χ2n) is 5.74. The molecule has 0 saturated carbocycles. The Bertz CT molecular complexity index is 516. The molecule has 116 valence electrons. The zero-order valence-corrected chi connectivity index (χ0v) is 12.2. The quantitative estimate of drug-likeness (QED) is 0.798. The van der Waals surface area contributed by atoms with Crippen LogP contribution in [-0.4, -0.2) is 29.3 Å². The van der Waals surface area contributed by atoms with Gasteiger partial charge in [0, 0.05) is 18.8 Å². The van der Waals surface area contributed by atoms with E-state index in [0.29, 0.717) is 11.5 Å². The molecule has 0 spiro atoms. The van der Waals surface area contributed by atoms with Crippen LogP contribution in [0.5, 0.6) is 0 Å². The Morgan fingerprint density at radius 2 is 2.19 bits per heavy atom. The molecule has 0 aromatic carbocycles. The van der Waals surface area contributed by atoms with Crippen molar-refractivity contribution in [1.82, 2.24) is 9.88 Å². The van der Waals surface area contributed by atoms with Crippen molar-refractivity contribution >= 4 is 6.29 Å². The van der Waals surface area contributed by atoms with Crippen molar-refractivity contribution in [2.45, 2.75) is 38.9 Å². The molecule has 0 bridgehead atoms. The number of alkyl halides is 3. The van der Waals surface area contributed by atoms with Gasteiger partial charge in [-0.1, -0.05) is 6.92 Å². The molecule has 2 heterocycles. The average molecular weight is 300 g/mol. The van der Waals surface area contributed by atoms with Crippen LogP contribution in [0.3, 0.4) is 0 Å². The lowest BCUT2D eigenvalue weighted by Crippen LogP contribution is -2.36. The summed E-state index contributed by atoms with van der Waals surface area (Å²) in [5.74, 6) is 0.547. The van der Waals surface area contributed by atoms with E-state index >= 15 is 0 Å². The zero-order chi connectivity index (χ0) is 15.6. The van der Waals surface area contributed by atoms with Crippen LogP contribution in [0.15, 0.2) is 12.3 Å². The van der Waals surface area contributed by atoms with E-state index in [1.807, 2.05) is 6.92 Å². The van der Waals surface area contributed by atoms with E-state index < -0.39 is 17.4 Å². The normalized spacial score (nSPS) is 22.0. The highest BCUT2D eigenvalue weighted by Crippen LogP contribution is 2.34. The van der Waals surface area contributed by atoms with Gasteiger partial charge in [-0.15, -0.1) is 0 Å². The Kier molecular flexibility index (Phi) is 4.66. The molecule has 6 heteroatoms. The molecule has 1 fully saturated rings. The van der Waals surface area contributed by atoms with Crippen LogP contribution in [0.2, 0.25) is 0 Å². The van der Waals surface area contributed by atoms with Crippen molar-refractivity contribution in [3.8, 4) is 0 Å². The number of halogens is 3. The fraction of sp³-hybridized carbons (Fsp3) is 0.600. The maximum absolute atomic E-state index is 13.0. The van der Waals surface area contributed by atoms with Gasteiger partial charge in [0.2, 0.25) is 0 Å². The second kappa shape index (κ2) is 6.13. The fourth-order valence-corrected chi connectivity index (χ4v) is 2.83. The monoisotopic (exact) mass is 300 g/mol. The van der Waals surface area contributed by atoms with Crippen LogP contribution >= 0.6 is 0 Å². The fourth-order valence-electron chi connectivity index (χ4n) is 2.83. The highest BCUT2D eigenvalue weighted by atomic mass is 19.4. The summed E-state index contributed by atoms with van der Waals surface area (Å²) < 4.78 is 38.9. The molecule has 0 N–H and O–H groups in total. The van der Waals surface area contributed by atoms with Gasteiger partial charge in [0.25, 0.3) is 0 Å². The molecule has 0 amide bonds. The molecule has 2 atom stereocenters. The van der Waals surface area contributed by atoms with E-state index in [1.165, 1.54) is 6.20 Å². The van der Waals surface area contributed by atoms with E-state index in [1.54, 1.807) is 0 Å². The van der Waals surface area contributed by atoms with Crippen molar-refractivity contribution in [2.75, 3.05) is 13.1 Å². The molecule has 1 aliphatic heterocycles. The number of nitrogens with zero attached hydrogens (tertiary/aromatic N) is 2. The summed E-state index contributed by atoms with van der Waals surface area (Å²) in [6, 6.07) is 0.919. The van der Waals surface area contributed by atoms with Crippen molar-refractivity contribution < 1.29 is 18.0 Å². The maximum atomic E-state index is 13.0. The van der Waals surface area contributed by atoms with E-state index in [9.17, 15) is 18.0 Å². The highest BCUT2D eigenvalue weighted by Gasteiger charge is 2.35. The molecule has 3 nitrogen and oxygen atoms in total. The Balaban J connectivity index is 2.29. The maximum Gasteiger partial charge on any atom is 0.418 e. The zero-order valence-electron chi connectivity index (χ0n) is 12.2. The van der Waals surface area contributed by atoms with Crippen molar-refractivity contribution in [1.29, 1.82) is 0 Å². The molecular formula is C15H19F3N2O. The molecule has 21 heavy (non-hydrogen) atoms. The summed E-state index contributed by atoms with van der Waals surface area (Å²) in [6.45, 7) is 5.78. The smallest absolute Gasteiger partial charge is 0.296 e. The first-order valence-electron chi connectivity index (χ1n) is 7.09. The largest absolute Gasteiger partial charge is 0.418 e. The first-order chi connectivity index (χ1) is 9.82.